The minimum atomic E-state index is -0.319. The Morgan fingerprint density at radius 1 is 1.30 bits per heavy atom. The van der Waals surface area contributed by atoms with Crippen molar-refractivity contribution in [2.75, 3.05) is 41.3 Å². The summed E-state index contributed by atoms with van der Waals surface area (Å²) in [6.07, 6.45) is 4.82. The number of aliphatic imine (C=N–C) groups is 1. The van der Waals surface area contributed by atoms with E-state index in [4.69, 9.17) is 16.3 Å². The number of carbonyl (C=O) groups is 1. The zero-order chi connectivity index (χ0) is 19.9. The average Bonchev–Trinajstić information content (AvgIpc) is 3.14. The second kappa shape index (κ2) is 9.83. The van der Waals surface area contributed by atoms with Gasteiger partial charge in [0.25, 0.3) is 0 Å². The van der Waals surface area contributed by atoms with Gasteiger partial charge < -0.3 is 20.3 Å². The second-order valence-corrected chi connectivity index (χ2v) is 7.65. The minimum Gasteiger partial charge on any atom is -0.497 e. The quantitative estimate of drug-likeness (QED) is 0.551. The van der Waals surface area contributed by atoms with Gasteiger partial charge in [0.2, 0.25) is 5.91 Å². The van der Waals surface area contributed by atoms with Crippen molar-refractivity contribution in [3.05, 3.63) is 28.8 Å². The SMILES string of the molecule is CN=C(NCCc1ccc(OC)cc1Cl)NCC1(C(=O)N(C)C)CCCC1. The fourth-order valence-corrected chi connectivity index (χ4v) is 3.90. The highest BCUT2D eigenvalue weighted by atomic mass is 35.5. The number of hydrogen-bond acceptors (Lipinski definition) is 3. The normalized spacial score (nSPS) is 16.1. The molecule has 0 aliphatic heterocycles. The van der Waals surface area contributed by atoms with E-state index in [0.717, 1.165) is 43.4 Å². The summed E-state index contributed by atoms with van der Waals surface area (Å²) >= 11 is 6.29. The van der Waals surface area contributed by atoms with E-state index in [0.29, 0.717) is 24.1 Å². The van der Waals surface area contributed by atoms with Crippen molar-refractivity contribution in [2.45, 2.75) is 32.1 Å². The van der Waals surface area contributed by atoms with E-state index in [1.807, 2.05) is 32.3 Å². The maximum Gasteiger partial charge on any atom is 0.230 e. The highest BCUT2D eigenvalue weighted by Gasteiger charge is 2.42. The van der Waals surface area contributed by atoms with Gasteiger partial charge >= 0.3 is 0 Å². The summed E-state index contributed by atoms with van der Waals surface area (Å²) in [5.41, 5.74) is 0.732. The van der Waals surface area contributed by atoms with Crippen LogP contribution in [-0.4, -0.2) is 58.1 Å². The van der Waals surface area contributed by atoms with Crippen LogP contribution in [0.25, 0.3) is 0 Å². The third kappa shape index (κ3) is 5.51. The number of nitrogens with one attached hydrogen (secondary N) is 2. The van der Waals surface area contributed by atoms with Crippen LogP contribution < -0.4 is 15.4 Å². The van der Waals surface area contributed by atoms with Crippen molar-refractivity contribution in [2.24, 2.45) is 10.4 Å². The largest absolute Gasteiger partial charge is 0.497 e. The number of methoxy groups -OCH3 is 1. The number of amides is 1. The lowest BCUT2D eigenvalue weighted by Crippen LogP contribution is -2.49. The predicted octanol–water partition coefficient (Wildman–Crippen LogP) is 2.70. The fourth-order valence-electron chi connectivity index (χ4n) is 3.64. The molecule has 0 heterocycles. The molecule has 0 unspecified atom stereocenters. The number of rotatable bonds is 7. The summed E-state index contributed by atoms with van der Waals surface area (Å²) < 4.78 is 5.18. The molecule has 150 valence electrons. The number of hydrogen-bond donors (Lipinski definition) is 2. The number of carbonyl (C=O) groups excluding carboxylic acids is 1. The van der Waals surface area contributed by atoms with Gasteiger partial charge in [0.15, 0.2) is 5.96 Å². The van der Waals surface area contributed by atoms with Crippen molar-refractivity contribution in [3.8, 4) is 5.75 Å². The van der Waals surface area contributed by atoms with Gasteiger partial charge in [-0.1, -0.05) is 30.5 Å². The standard InChI is InChI=1S/C20H31ClN4O2/c1-22-19(23-12-9-15-7-8-16(27-4)13-17(15)21)24-14-20(10-5-6-11-20)18(26)25(2)3/h7-8,13H,5-6,9-12,14H2,1-4H3,(H2,22,23,24). The molecule has 1 fully saturated rings. The summed E-state index contributed by atoms with van der Waals surface area (Å²) in [5, 5.41) is 7.35. The molecule has 0 radical (unpaired) electrons. The van der Waals surface area contributed by atoms with Gasteiger partial charge in [0, 0.05) is 39.3 Å². The Morgan fingerprint density at radius 3 is 2.56 bits per heavy atom. The fraction of sp³-hybridized carbons (Fsp3) is 0.600. The number of guanidine groups is 1. The van der Waals surface area contributed by atoms with E-state index in [1.165, 1.54) is 0 Å². The van der Waals surface area contributed by atoms with Crippen LogP contribution in [-0.2, 0) is 11.2 Å². The van der Waals surface area contributed by atoms with Crippen LogP contribution in [0.1, 0.15) is 31.2 Å². The molecule has 7 heteroatoms. The average molecular weight is 395 g/mol. The summed E-state index contributed by atoms with van der Waals surface area (Å²) in [5.74, 6) is 1.66. The molecule has 27 heavy (non-hydrogen) atoms. The van der Waals surface area contributed by atoms with Crippen LogP contribution in [0.2, 0.25) is 5.02 Å². The molecule has 0 bridgehead atoms. The topological polar surface area (TPSA) is 66.0 Å². The molecule has 0 spiro atoms. The first-order valence-corrected chi connectivity index (χ1v) is 9.78. The smallest absolute Gasteiger partial charge is 0.230 e. The van der Waals surface area contributed by atoms with Crippen LogP contribution >= 0.6 is 11.6 Å². The summed E-state index contributed by atoms with van der Waals surface area (Å²) in [6, 6.07) is 5.70. The lowest BCUT2D eigenvalue weighted by Gasteiger charge is -2.31. The highest BCUT2D eigenvalue weighted by Crippen LogP contribution is 2.38. The van der Waals surface area contributed by atoms with Gasteiger partial charge in [-0.15, -0.1) is 0 Å². The summed E-state index contributed by atoms with van der Waals surface area (Å²) in [6.45, 7) is 1.30. The van der Waals surface area contributed by atoms with Gasteiger partial charge in [0.05, 0.1) is 12.5 Å². The maximum atomic E-state index is 12.7. The van der Waals surface area contributed by atoms with Gasteiger partial charge in [-0.3, -0.25) is 9.79 Å². The first-order valence-electron chi connectivity index (χ1n) is 9.40. The predicted molar refractivity (Wildman–Crippen MR) is 111 cm³/mol. The zero-order valence-electron chi connectivity index (χ0n) is 16.8. The summed E-state index contributed by atoms with van der Waals surface area (Å²) in [7, 11) is 7.02. The number of halogens is 1. The maximum absolute atomic E-state index is 12.7. The van der Waals surface area contributed by atoms with Gasteiger partial charge in [-0.05, 0) is 37.0 Å². The third-order valence-electron chi connectivity index (χ3n) is 5.19. The zero-order valence-corrected chi connectivity index (χ0v) is 17.5. The molecular formula is C20H31ClN4O2. The Bertz CT molecular complexity index is 670. The number of ether oxygens (including phenoxy) is 1. The van der Waals surface area contributed by atoms with Crippen LogP contribution in [0.4, 0.5) is 0 Å². The van der Waals surface area contributed by atoms with Gasteiger partial charge in [0.1, 0.15) is 5.75 Å². The molecule has 6 nitrogen and oxygen atoms in total. The van der Waals surface area contributed by atoms with Crippen molar-refractivity contribution >= 4 is 23.5 Å². The molecule has 2 rings (SSSR count). The molecule has 0 saturated heterocycles. The molecule has 1 aromatic carbocycles. The Hall–Kier alpha value is -1.95. The summed E-state index contributed by atoms with van der Waals surface area (Å²) in [4.78, 5) is 18.6. The van der Waals surface area contributed by atoms with E-state index >= 15 is 0 Å². The van der Waals surface area contributed by atoms with Crippen molar-refractivity contribution in [1.29, 1.82) is 0 Å². The Kier molecular flexibility index (Phi) is 7.78. The lowest BCUT2D eigenvalue weighted by molar-refractivity contribution is -0.138. The lowest BCUT2D eigenvalue weighted by atomic mass is 9.84. The second-order valence-electron chi connectivity index (χ2n) is 7.25. The van der Waals surface area contributed by atoms with Crippen molar-refractivity contribution in [3.63, 3.8) is 0 Å². The Morgan fingerprint density at radius 2 is 2.00 bits per heavy atom. The molecule has 1 aliphatic rings. The minimum absolute atomic E-state index is 0.202. The van der Waals surface area contributed by atoms with E-state index in [9.17, 15) is 4.79 Å². The van der Waals surface area contributed by atoms with Crippen molar-refractivity contribution < 1.29 is 9.53 Å². The van der Waals surface area contributed by atoms with E-state index < -0.39 is 0 Å². The number of benzene rings is 1. The molecule has 1 aromatic rings. The molecule has 1 amide bonds. The highest BCUT2D eigenvalue weighted by molar-refractivity contribution is 6.31. The van der Waals surface area contributed by atoms with Crippen LogP contribution in [0.3, 0.4) is 0 Å². The monoisotopic (exact) mass is 394 g/mol. The molecule has 0 aromatic heterocycles. The first-order chi connectivity index (χ1) is 12.9. The van der Waals surface area contributed by atoms with E-state index in [2.05, 4.69) is 15.6 Å². The number of nitrogens with zero attached hydrogens (tertiary/aromatic N) is 2. The Balaban J connectivity index is 1.88. The molecule has 2 N–H and O–H groups in total. The molecule has 1 aliphatic carbocycles. The van der Waals surface area contributed by atoms with Gasteiger partial charge in [-0.2, -0.15) is 0 Å². The molecular weight excluding hydrogens is 364 g/mol. The van der Waals surface area contributed by atoms with Crippen molar-refractivity contribution in [1.82, 2.24) is 15.5 Å². The first kappa shape index (κ1) is 21.4. The molecule has 0 atom stereocenters. The van der Waals surface area contributed by atoms with Crippen LogP contribution in [0.5, 0.6) is 5.75 Å². The van der Waals surface area contributed by atoms with Crippen LogP contribution in [0.15, 0.2) is 23.2 Å². The van der Waals surface area contributed by atoms with E-state index in [1.54, 1.807) is 19.1 Å². The third-order valence-corrected chi connectivity index (χ3v) is 5.54. The Labute approximate surface area is 167 Å². The molecule has 1 saturated carbocycles. The van der Waals surface area contributed by atoms with Crippen LogP contribution in [0, 0.1) is 5.41 Å². The van der Waals surface area contributed by atoms with E-state index in [-0.39, 0.29) is 11.3 Å². The van der Waals surface area contributed by atoms with Gasteiger partial charge in [-0.25, -0.2) is 0 Å².